The fourth-order valence-electron chi connectivity index (χ4n) is 2.95. The number of carbonyl (C=O) groups excluding carboxylic acids is 1. The van der Waals surface area contributed by atoms with Crippen LogP contribution in [0, 0.1) is 0 Å². The van der Waals surface area contributed by atoms with Gasteiger partial charge in [-0.3, -0.25) is 4.79 Å². The van der Waals surface area contributed by atoms with Crippen LogP contribution in [-0.2, 0) is 11.3 Å². The highest BCUT2D eigenvalue weighted by Gasteiger charge is 2.12. The van der Waals surface area contributed by atoms with Crippen molar-refractivity contribution < 1.29 is 14.3 Å². The number of benzene rings is 3. The number of anilines is 3. The quantitative estimate of drug-likeness (QED) is 0.487. The molecule has 0 unspecified atom stereocenters. The Morgan fingerprint density at radius 1 is 0.867 bits per heavy atom. The maximum absolute atomic E-state index is 12.4. The van der Waals surface area contributed by atoms with E-state index in [2.05, 4.69) is 16.0 Å². The summed E-state index contributed by atoms with van der Waals surface area (Å²) in [5.74, 6) is 1.51. The van der Waals surface area contributed by atoms with E-state index in [4.69, 9.17) is 9.47 Å². The summed E-state index contributed by atoms with van der Waals surface area (Å²) in [7, 11) is 3.28. The Kier molecular flexibility index (Phi) is 7.16. The third-order valence-electron chi connectivity index (χ3n) is 4.67. The molecule has 3 N–H and O–H groups in total. The average Bonchev–Trinajstić information content (AvgIpc) is 2.79. The van der Waals surface area contributed by atoms with Gasteiger partial charge in [0.25, 0.3) is 0 Å². The lowest BCUT2D eigenvalue weighted by molar-refractivity contribution is -0.121. The van der Waals surface area contributed by atoms with Crippen LogP contribution in [-0.4, -0.2) is 26.2 Å². The number of methoxy groups -OCH3 is 2. The first-order chi connectivity index (χ1) is 14.6. The van der Waals surface area contributed by atoms with Crippen LogP contribution in [0.1, 0.15) is 12.5 Å². The van der Waals surface area contributed by atoms with Gasteiger partial charge >= 0.3 is 0 Å². The Morgan fingerprint density at radius 3 is 2.20 bits per heavy atom. The van der Waals surface area contributed by atoms with E-state index in [-0.39, 0.29) is 11.9 Å². The van der Waals surface area contributed by atoms with Crippen LogP contribution in [0.25, 0.3) is 0 Å². The predicted molar refractivity (Wildman–Crippen MR) is 121 cm³/mol. The maximum atomic E-state index is 12.4. The van der Waals surface area contributed by atoms with E-state index < -0.39 is 0 Å². The van der Waals surface area contributed by atoms with E-state index in [1.54, 1.807) is 14.2 Å². The maximum Gasteiger partial charge on any atom is 0.242 e. The van der Waals surface area contributed by atoms with Gasteiger partial charge < -0.3 is 25.4 Å². The van der Waals surface area contributed by atoms with Crippen molar-refractivity contribution >= 4 is 23.0 Å². The molecule has 0 saturated carbocycles. The van der Waals surface area contributed by atoms with Crippen molar-refractivity contribution in [1.82, 2.24) is 5.32 Å². The lowest BCUT2D eigenvalue weighted by Gasteiger charge is -2.16. The van der Waals surface area contributed by atoms with E-state index in [0.717, 1.165) is 34.1 Å². The molecule has 0 aliphatic rings. The molecule has 0 aliphatic heterocycles. The Labute approximate surface area is 177 Å². The van der Waals surface area contributed by atoms with Crippen LogP contribution in [0.15, 0.2) is 72.8 Å². The van der Waals surface area contributed by atoms with Crippen molar-refractivity contribution in [2.24, 2.45) is 0 Å². The van der Waals surface area contributed by atoms with E-state index in [0.29, 0.717) is 6.54 Å². The molecule has 1 amide bonds. The number of rotatable bonds is 9. The first kappa shape index (κ1) is 21.0. The zero-order valence-electron chi connectivity index (χ0n) is 17.4. The molecule has 0 aliphatic carbocycles. The molecule has 30 heavy (non-hydrogen) atoms. The fourth-order valence-corrected chi connectivity index (χ4v) is 2.95. The monoisotopic (exact) mass is 405 g/mol. The van der Waals surface area contributed by atoms with Gasteiger partial charge in [-0.25, -0.2) is 0 Å². The number of amides is 1. The van der Waals surface area contributed by atoms with Crippen LogP contribution in [0.5, 0.6) is 11.5 Å². The molecule has 3 rings (SSSR count). The number of para-hydroxylation sites is 2. The largest absolute Gasteiger partial charge is 0.497 e. The second-order valence-electron chi connectivity index (χ2n) is 6.83. The second-order valence-corrected chi connectivity index (χ2v) is 6.83. The average molecular weight is 405 g/mol. The zero-order chi connectivity index (χ0) is 21.3. The van der Waals surface area contributed by atoms with E-state index in [1.807, 2.05) is 79.7 Å². The Morgan fingerprint density at radius 2 is 1.53 bits per heavy atom. The lowest BCUT2D eigenvalue weighted by atomic mass is 10.2. The van der Waals surface area contributed by atoms with Crippen molar-refractivity contribution in [3.63, 3.8) is 0 Å². The summed E-state index contributed by atoms with van der Waals surface area (Å²) in [6.07, 6.45) is 0. The number of hydrogen-bond acceptors (Lipinski definition) is 5. The molecule has 0 bridgehead atoms. The molecule has 6 nitrogen and oxygen atoms in total. The topological polar surface area (TPSA) is 71.6 Å². The third kappa shape index (κ3) is 5.67. The molecule has 0 fully saturated rings. The summed E-state index contributed by atoms with van der Waals surface area (Å²) in [6.45, 7) is 2.31. The first-order valence-electron chi connectivity index (χ1n) is 9.76. The van der Waals surface area contributed by atoms with Gasteiger partial charge in [-0.1, -0.05) is 24.3 Å². The van der Waals surface area contributed by atoms with Crippen molar-refractivity contribution in [2.75, 3.05) is 24.9 Å². The molecule has 156 valence electrons. The number of ether oxygens (including phenoxy) is 2. The molecule has 1 atom stereocenters. The minimum absolute atomic E-state index is 0.0676. The molecular weight excluding hydrogens is 378 g/mol. The van der Waals surface area contributed by atoms with Gasteiger partial charge in [-0.2, -0.15) is 0 Å². The summed E-state index contributed by atoms with van der Waals surface area (Å²) in [5.41, 5.74) is 3.71. The summed E-state index contributed by atoms with van der Waals surface area (Å²) >= 11 is 0. The van der Waals surface area contributed by atoms with E-state index in [1.165, 1.54) is 0 Å². The summed E-state index contributed by atoms with van der Waals surface area (Å²) in [6, 6.07) is 22.8. The van der Waals surface area contributed by atoms with Crippen LogP contribution in [0.2, 0.25) is 0 Å². The van der Waals surface area contributed by atoms with Gasteiger partial charge in [0.2, 0.25) is 5.91 Å². The van der Waals surface area contributed by atoms with E-state index in [9.17, 15) is 4.79 Å². The molecule has 6 heteroatoms. The minimum Gasteiger partial charge on any atom is -0.497 e. The number of hydrogen-bond donors (Lipinski definition) is 3. The van der Waals surface area contributed by atoms with Gasteiger partial charge in [0.1, 0.15) is 17.5 Å². The predicted octanol–water partition coefficient (Wildman–Crippen LogP) is 4.56. The number of carbonyl (C=O) groups is 1. The summed E-state index contributed by atoms with van der Waals surface area (Å²) < 4.78 is 10.5. The standard InChI is InChI=1S/C24H27N3O3/c1-17(24(28)25-16-18-8-14-21(29-2)15-9-18)26-19-10-12-20(13-11-19)27-22-6-4-5-7-23(22)30-3/h4-15,17,26-27H,16H2,1-3H3,(H,25,28)/t17-/m0/s1. The van der Waals surface area contributed by atoms with Crippen LogP contribution >= 0.6 is 0 Å². The lowest BCUT2D eigenvalue weighted by Crippen LogP contribution is -2.37. The molecule has 3 aromatic carbocycles. The molecule has 0 spiro atoms. The molecule has 0 heterocycles. The van der Waals surface area contributed by atoms with Gasteiger partial charge in [0.05, 0.1) is 19.9 Å². The smallest absolute Gasteiger partial charge is 0.242 e. The molecule has 0 saturated heterocycles. The molecule has 3 aromatic rings. The zero-order valence-corrected chi connectivity index (χ0v) is 17.4. The van der Waals surface area contributed by atoms with Crippen molar-refractivity contribution in [2.45, 2.75) is 19.5 Å². The third-order valence-corrected chi connectivity index (χ3v) is 4.67. The van der Waals surface area contributed by atoms with Gasteiger partial charge in [-0.05, 0) is 61.0 Å². The van der Waals surface area contributed by atoms with Crippen molar-refractivity contribution in [1.29, 1.82) is 0 Å². The van der Waals surface area contributed by atoms with Gasteiger partial charge in [-0.15, -0.1) is 0 Å². The Bertz CT molecular complexity index is 956. The van der Waals surface area contributed by atoms with Crippen LogP contribution in [0.4, 0.5) is 17.1 Å². The summed E-state index contributed by atoms with van der Waals surface area (Å²) in [5, 5.41) is 9.50. The normalized spacial score (nSPS) is 11.3. The molecule has 0 radical (unpaired) electrons. The Balaban J connectivity index is 1.51. The summed E-state index contributed by atoms with van der Waals surface area (Å²) in [4.78, 5) is 12.4. The fraction of sp³-hybridized carbons (Fsp3) is 0.208. The van der Waals surface area contributed by atoms with E-state index >= 15 is 0 Å². The highest BCUT2D eigenvalue weighted by molar-refractivity contribution is 5.84. The molecular formula is C24H27N3O3. The molecule has 0 aromatic heterocycles. The van der Waals surface area contributed by atoms with Crippen LogP contribution < -0.4 is 25.4 Å². The minimum atomic E-state index is -0.365. The van der Waals surface area contributed by atoms with Crippen molar-refractivity contribution in [3.8, 4) is 11.5 Å². The second kappa shape index (κ2) is 10.2. The first-order valence-corrected chi connectivity index (χ1v) is 9.76. The van der Waals surface area contributed by atoms with Crippen LogP contribution in [0.3, 0.4) is 0 Å². The van der Waals surface area contributed by atoms with Crippen molar-refractivity contribution in [3.05, 3.63) is 78.4 Å². The van der Waals surface area contributed by atoms with Gasteiger partial charge in [0, 0.05) is 17.9 Å². The highest BCUT2D eigenvalue weighted by Crippen LogP contribution is 2.27. The number of nitrogens with one attached hydrogen (secondary N) is 3. The van der Waals surface area contributed by atoms with Gasteiger partial charge in [0.15, 0.2) is 0 Å². The SMILES string of the molecule is COc1ccc(CNC(=O)[C@H](C)Nc2ccc(Nc3ccccc3OC)cc2)cc1. The highest BCUT2D eigenvalue weighted by atomic mass is 16.5. The Hall–Kier alpha value is -3.67.